The summed E-state index contributed by atoms with van der Waals surface area (Å²) in [5.41, 5.74) is 3.40. The summed E-state index contributed by atoms with van der Waals surface area (Å²) in [5.74, 6) is -3.25. The summed E-state index contributed by atoms with van der Waals surface area (Å²) < 4.78 is 11.7. The lowest BCUT2D eigenvalue weighted by atomic mass is 9.72. The van der Waals surface area contributed by atoms with E-state index in [4.69, 9.17) is 15.2 Å². The van der Waals surface area contributed by atoms with Crippen LogP contribution < -0.4 is 5.73 Å². The Labute approximate surface area is 211 Å². The Morgan fingerprint density at radius 1 is 1.19 bits per heavy atom. The SMILES string of the molecule is C[C@@H]1O[C@@H](O[C@H]2C[C@](O)(C(=O)CO)Cc3cc4c(c(O)c32)C(=O)c2c(O)cccc2C4=O)C[C@H](N)[C@@H]1O. The number of carbonyl (C=O) groups is 3. The van der Waals surface area contributed by atoms with Crippen LogP contribution in [0.1, 0.15) is 68.8 Å². The van der Waals surface area contributed by atoms with Crippen molar-refractivity contribution < 1.29 is 49.4 Å². The van der Waals surface area contributed by atoms with Gasteiger partial charge >= 0.3 is 0 Å². The lowest BCUT2D eigenvalue weighted by molar-refractivity contribution is -0.247. The number of aromatic hydroxyl groups is 2. The van der Waals surface area contributed by atoms with Gasteiger partial charge in [0.05, 0.1) is 29.4 Å². The van der Waals surface area contributed by atoms with Crippen LogP contribution in [-0.4, -0.2) is 79.6 Å². The first-order chi connectivity index (χ1) is 17.5. The molecule has 5 rings (SSSR count). The van der Waals surface area contributed by atoms with Crippen LogP contribution in [0.25, 0.3) is 0 Å². The number of ether oxygens (including phenoxy) is 2. The second-order valence-corrected chi connectivity index (χ2v) is 9.86. The minimum absolute atomic E-state index is 0.0423. The molecule has 0 radical (unpaired) electrons. The second kappa shape index (κ2) is 8.98. The number of aliphatic hydroxyl groups excluding tert-OH is 2. The van der Waals surface area contributed by atoms with Crippen LogP contribution in [0.4, 0.5) is 0 Å². The zero-order chi connectivity index (χ0) is 26.8. The van der Waals surface area contributed by atoms with Gasteiger partial charge in [0, 0.05) is 42.0 Å². The molecular weight excluding hydrogens is 486 g/mol. The van der Waals surface area contributed by atoms with Gasteiger partial charge in [-0.1, -0.05) is 12.1 Å². The number of phenolic OH excluding ortho intramolecular Hbond substituents is 2. The molecule has 0 bridgehead atoms. The third-order valence-electron chi connectivity index (χ3n) is 7.47. The summed E-state index contributed by atoms with van der Waals surface area (Å²) in [6.07, 6.45) is -4.50. The normalized spacial score (nSPS) is 30.9. The Bertz CT molecular complexity index is 1310. The van der Waals surface area contributed by atoms with Gasteiger partial charge in [0.25, 0.3) is 0 Å². The van der Waals surface area contributed by atoms with Crippen LogP contribution in [0.3, 0.4) is 0 Å². The highest BCUT2D eigenvalue weighted by molar-refractivity contribution is 6.30. The fraction of sp³-hybridized carbons (Fsp3) is 0.423. The monoisotopic (exact) mass is 513 g/mol. The second-order valence-electron chi connectivity index (χ2n) is 9.86. The van der Waals surface area contributed by atoms with Crippen molar-refractivity contribution in [3.63, 3.8) is 0 Å². The lowest BCUT2D eigenvalue weighted by Crippen LogP contribution is -2.53. The number of rotatable bonds is 4. The van der Waals surface area contributed by atoms with E-state index in [0.29, 0.717) is 0 Å². The van der Waals surface area contributed by atoms with Gasteiger partial charge in [-0.15, -0.1) is 0 Å². The topological polar surface area (TPSA) is 197 Å². The van der Waals surface area contributed by atoms with Gasteiger partial charge in [-0.05, 0) is 24.6 Å². The Morgan fingerprint density at radius 3 is 2.59 bits per heavy atom. The summed E-state index contributed by atoms with van der Waals surface area (Å²) in [7, 11) is 0. The zero-order valence-electron chi connectivity index (χ0n) is 19.9. The minimum atomic E-state index is -2.09. The van der Waals surface area contributed by atoms with E-state index in [1.54, 1.807) is 6.92 Å². The molecule has 2 aromatic carbocycles. The number of nitrogens with two attached hydrogens (primary N) is 1. The maximum atomic E-state index is 13.4. The number of fused-ring (bicyclic) bond motifs is 3. The molecule has 2 aromatic rings. The van der Waals surface area contributed by atoms with Crippen molar-refractivity contribution in [2.45, 2.75) is 62.4 Å². The zero-order valence-corrected chi connectivity index (χ0v) is 19.9. The Morgan fingerprint density at radius 2 is 1.92 bits per heavy atom. The molecule has 2 aliphatic carbocycles. The average molecular weight is 513 g/mol. The largest absolute Gasteiger partial charge is 0.507 e. The minimum Gasteiger partial charge on any atom is -0.507 e. The van der Waals surface area contributed by atoms with Crippen molar-refractivity contribution in [2.75, 3.05) is 6.61 Å². The predicted molar refractivity (Wildman–Crippen MR) is 125 cm³/mol. The maximum Gasteiger partial charge on any atom is 0.201 e. The fourth-order valence-corrected chi connectivity index (χ4v) is 5.52. The highest BCUT2D eigenvalue weighted by atomic mass is 16.7. The van der Waals surface area contributed by atoms with E-state index in [9.17, 15) is 39.9 Å². The molecule has 7 N–H and O–H groups in total. The average Bonchev–Trinajstić information content (AvgIpc) is 2.84. The van der Waals surface area contributed by atoms with E-state index >= 15 is 0 Å². The van der Waals surface area contributed by atoms with E-state index in [1.807, 2.05) is 0 Å². The molecule has 1 saturated heterocycles. The molecule has 1 aliphatic heterocycles. The Kier molecular flexibility index (Phi) is 6.18. The van der Waals surface area contributed by atoms with Crippen LogP contribution in [0, 0.1) is 0 Å². The fourth-order valence-electron chi connectivity index (χ4n) is 5.52. The molecule has 1 fully saturated rings. The van der Waals surface area contributed by atoms with E-state index in [0.717, 1.165) is 0 Å². The van der Waals surface area contributed by atoms with E-state index in [2.05, 4.69) is 0 Å². The van der Waals surface area contributed by atoms with Gasteiger partial charge in [0.1, 0.15) is 23.7 Å². The number of hydrogen-bond donors (Lipinski definition) is 6. The van der Waals surface area contributed by atoms with Crippen molar-refractivity contribution in [2.24, 2.45) is 5.73 Å². The van der Waals surface area contributed by atoms with Gasteiger partial charge in [-0.2, -0.15) is 0 Å². The summed E-state index contributed by atoms with van der Waals surface area (Å²) in [4.78, 5) is 39.2. The number of carbonyl (C=O) groups excluding carboxylic acids is 3. The molecule has 1 heterocycles. The number of benzene rings is 2. The molecule has 0 saturated carbocycles. The summed E-state index contributed by atoms with van der Waals surface area (Å²) in [6, 6.07) is 4.69. The lowest BCUT2D eigenvalue weighted by Gasteiger charge is -2.42. The van der Waals surface area contributed by atoms with E-state index in [1.165, 1.54) is 24.3 Å². The van der Waals surface area contributed by atoms with Gasteiger partial charge < -0.3 is 40.7 Å². The molecule has 6 atom stereocenters. The van der Waals surface area contributed by atoms with Crippen molar-refractivity contribution >= 4 is 17.3 Å². The van der Waals surface area contributed by atoms with Crippen molar-refractivity contribution in [3.05, 3.63) is 57.6 Å². The standard InChI is InChI=1S/C26H27NO10/c1-10-22(31)14(27)6-18(36-10)37-16-8-26(35,17(30)9-28)7-11-5-13-21(24(33)19(11)16)25(34)20-12(23(13)32)3-2-4-15(20)29/h2-5,10,14,16,18,22,28-29,31,33,35H,6-9,27H2,1H3/t10-,14-,16-,18-,22+,26-/m0/s1. The molecule has 11 heteroatoms. The summed E-state index contributed by atoms with van der Waals surface area (Å²) in [6.45, 7) is 0.649. The van der Waals surface area contributed by atoms with Crippen LogP contribution in [0.5, 0.6) is 11.5 Å². The molecule has 3 aliphatic rings. The molecular formula is C26H27NO10. The molecule has 196 valence electrons. The summed E-state index contributed by atoms with van der Waals surface area (Å²) >= 11 is 0. The smallest absolute Gasteiger partial charge is 0.201 e. The van der Waals surface area contributed by atoms with Crippen molar-refractivity contribution in [1.29, 1.82) is 0 Å². The Balaban J connectivity index is 1.64. The van der Waals surface area contributed by atoms with Crippen molar-refractivity contribution in [1.82, 2.24) is 0 Å². The molecule has 37 heavy (non-hydrogen) atoms. The van der Waals surface area contributed by atoms with E-state index < -0.39 is 71.7 Å². The van der Waals surface area contributed by atoms with E-state index in [-0.39, 0.29) is 52.6 Å². The molecule has 0 spiro atoms. The quantitative estimate of drug-likeness (QED) is 0.274. The molecule has 0 unspecified atom stereocenters. The number of hydrogen-bond acceptors (Lipinski definition) is 11. The number of Topliss-reactive ketones (excluding diaryl/α,β-unsaturated/α-hetero) is 1. The van der Waals surface area contributed by atoms with Crippen LogP contribution in [0.15, 0.2) is 24.3 Å². The predicted octanol–water partition coefficient (Wildman–Crippen LogP) is -0.00730. The highest BCUT2D eigenvalue weighted by Crippen LogP contribution is 2.48. The van der Waals surface area contributed by atoms with Crippen LogP contribution in [-0.2, 0) is 20.7 Å². The third-order valence-corrected chi connectivity index (χ3v) is 7.47. The van der Waals surface area contributed by atoms with Crippen LogP contribution >= 0.6 is 0 Å². The van der Waals surface area contributed by atoms with Gasteiger partial charge in [0.2, 0.25) is 5.78 Å². The van der Waals surface area contributed by atoms with Gasteiger partial charge in [-0.3, -0.25) is 14.4 Å². The van der Waals surface area contributed by atoms with Crippen LogP contribution in [0.2, 0.25) is 0 Å². The first kappa shape index (κ1) is 25.5. The first-order valence-electron chi connectivity index (χ1n) is 11.9. The number of ketones is 3. The summed E-state index contributed by atoms with van der Waals surface area (Å²) in [5, 5.41) is 52.4. The number of aliphatic hydroxyl groups is 3. The highest BCUT2D eigenvalue weighted by Gasteiger charge is 2.48. The molecule has 0 amide bonds. The number of phenols is 2. The maximum absolute atomic E-state index is 13.4. The third kappa shape index (κ3) is 3.95. The van der Waals surface area contributed by atoms with Gasteiger partial charge in [0.15, 0.2) is 17.9 Å². The molecule has 11 nitrogen and oxygen atoms in total. The van der Waals surface area contributed by atoms with Gasteiger partial charge in [-0.25, -0.2) is 0 Å². The Hall–Kier alpha value is -3.19. The first-order valence-corrected chi connectivity index (χ1v) is 11.9. The molecule has 0 aromatic heterocycles. The van der Waals surface area contributed by atoms with Crippen molar-refractivity contribution in [3.8, 4) is 11.5 Å².